The molecule has 1 fully saturated rings. The summed E-state index contributed by atoms with van der Waals surface area (Å²) in [6, 6.07) is 7.87. The highest BCUT2D eigenvalue weighted by molar-refractivity contribution is 8.18. The second-order valence-corrected chi connectivity index (χ2v) is 6.96. The van der Waals surface area contributed by atoms with E-state index in [1.54, 1.807) is 29.2 Å². The minimum Gasteiger partial charge on any atom is -0.457 e. The van der Waals surface area contributed by atoms with Crippen LogP contribution >= 0.6 is 23.4 Å². The van der Waals surface area contributed by atoms with E-state index in [1.165, 1.54) is 23.9 Å². The number of carbonyl (C=O) groups excluding carboxylic acids is 1. The Morgan fingerprint density at radius 1 is 1.33 bits per heavy atom. The molecule has 1 saturated heterocycles. The number of furan rings is 1. The Morgan fingerprint density at radius 3 is 2.78 bits per heavy atom. The van der Waals surface area contributed by atoms with E-state index in [0.717, 1.165) is 0 Å². The van der Waals surface area contributed by atoms with Crippen molar-refractivity contribution in [3.05, 3.63) is 56.1 Å². The van der Waals surface area contributed by atoms with Crippen LogP contribution in [-0.2, 0) is 4.79 Å². The summed E-state index contributed by atoms with van der Waals surface area (Å²) in [5.74, 6) is 0.814. The van der Waals surface area contributed by atoms with Gasteiger partial charge in [-0.2, -0.15) is 0 Å². The van der Waals surface area contributed by atoms with Gasteiger partial charge in [0.15, 0.2) is 5.17 Å². The molecule has 27 heavy (non-hydrogen) atoms. The molecule has 0 saturated carbocycles. The van der Waals surface area contributed by atoms with Gasteiger partial charge >= 0.3 is 0 Å². The van der Waals surface area contributed by atoms with Crippen LogP contribution in [0.1, 0.15) is 19.6 Å². The Morgan fingerprint density at radius 2 is 2.11 bits per heavy atom. The molecule has 1 aliphatic heterocycles. The molecule has 9 heteroatoms. The molecular weight excluding hydrogens is 390 g/mol. The highest BCUT2D eigenvalue weighted by Gasteiger charge is 2.32. The number of amides is 1. The molecular formula is C18H16ClN3O4S. The topological polar surface area (TPSA) is 89.0 Å². The third-order valence-corrected chi connectivity index (χ3v) is 5.19. The van der Waals surface area contributed by atoms with Crippen molar-refractivity contribution < 1.29 is 14.1 Å². The maximum absolute atomic E-state index is 12.5. The van der Waals surface area contributed by atoms with Crippen LogP contribution in [0, 0.1) is 10.1 Å². The number of nitro groups is 1. The van der Waals surface area contributed by atoms with Crippen molar-refractivity contribution >= 4 is 46.2 Å². The van der Waals surface area contributed by atoms with Gasteiger partial charge < -0.3 is 4.42 Å². The summed E-state index contributed by atoms with van der Waals surface area (Å²) in [5.41, 5.74) is 0.343. The molecule has 2 aromatic rings. The second-order valence-electron chi connectivity index (χ2n) is 5.54. The van der Waals surface area contributed by atoms with Gasteiger partial charge in [0, 0.05) is 30.8 Å². The van der Waals surface area contributed by atoms with E-state index in [9.17, 15) is 14.9 Å². The Bertz CT molecular complexity index is 967. The molecule has 0 atom stereocenters. The number of carbonyl (C=O) groups is 1. The van der Waals surface area contributed by atoms with Crippen molar-refractivity contribution in [3.63, 3.8) is 0 Å². The highest BCUT2D eigenvalue weighted by atomic mass is 35.5. The van der Waals surface area contributed by atoms with Crippen LogP contribution in [0.4, 0.5) is 5.69 Å². The number of hydrogen-bond donors (Lipinski definition) is 0. The van der Waals surface area contributed by atoms with E-state index >= 15 is 0 Å². The Hall–Kier alpha value is -2.58. The molecule has 2 heterocycles. The van der Waals surface area contributed by atoms with Gasteiger partial charge in [-0.3, -0.25) is 24.8 Å². The lowest BCUT2D eigenvalue weighted by Gasteiger charge is -2.11. The monoisotopic (exact) mass is 405 g/mol. The number of likely N-dealkylation sites (N-methyl/N-ethyl adjacent to an activating group) is 1. The van der Waals surface area contributed by atoms with Crippen LogP contribution in [-0.4, -0.2) is 34.0 Å². The summed E-state index contributed by atoms with van der Waals surface area (Å²) >= 11 is 7.15. The third kappa shape index (κ3) is 3.91. The molecule has 0 spiro atoms. The van der Waals surface area contributed by atoms with Crippen molar-refractivity contribution in [2.24, 2.45) is 4.99 Å². The fraction of sp³-hybridized carbons (Fsp3) is 0.222. The smallest absolute Gasteiger partial charge is 0.288 e. The predicted molar refractivity (Wildman–Crippen MR) is 107 cm³/mol. The first-order valence-electron chi connectivity index (χ1n) is 8.24. The van der Waals surface area contributed by atoms with Gasteiger partial charge in [-0.15, -0.1) is 0 Å². The maximum atomic E-state index is 12.5. The lowest BCUT2D eigenvalue weighted by molar-refractivity contribution is -0.384. The summed E-state index contributed by atoms with van der Waals surface area (Å²) in [6.07, 6.45) is 1.65. The standard InChI is InChI=1S/C18H16ClN3O4S/c1-3-20-18-21(4-2)17(23)16(27-18)10-12-6-8-15(26-12)11-5-7-13(19)14(9-11)22(24)25/h5-10H,3-4H2,1-2H3. The first kappa shape index (κ1) is 19.2. The third-order valence-electron chi connectivity index (χ3n) is 3.83. The molecule has 0 bridgehead atoms. The first-order chi connectivity index (χ1) is 12.9. The number of halogens is 1. The van der Waals surface area contributed by atoms with Gasteiger partial charge in [-0.25, -0.2) is 0 Å². The fourth-order valence-electron chi connectivity index (χ4n) is 2.56. The highest BCUT2D eigenvalue weighted by Crippen LogP contribution is 2.34. The van der Waals surface area contributed by atoms with Gasteiger partial charge in [0.05, 0.1) is 9.83 Å². The number of benzene rings is 1. The van der Waals surface area contributed by atoms with Gasteiger partial charge in [-0.1, -0.05) is 11.6 Å². The number of nitrogens with zero attached hydrogens (tertiary/aromatic N) is 3. The van der Waals surface area contributed by atoms with Crippen LogP contribution in [0.3, 0.4) is 0 Å². The van der Waals surface area contributed by atoms with Crippen molar-refractivity contribution in [1.82, 2.24) is 4.90 Å². The van der Waals surface area contributed by atoms with E-state index < -0.39 is 4.92 Å². The summed E-state index contributed by atoms with van der Waals surface area (Å²) in [4.78, 5) is 29.5. The van der Waals surface area contributed by atoms with E-state index in [0.29, 0.717) is 40.2 Å². The average molecular weight is 406 g/mol. The lowest BCUT2D eigenvalue weighted by Crippen LogP contribution is -2.28. The molecule has 1 aromatic heterocycles. The summed E-state index contributed by atoms with van der Waals surface area (Å²) in [7, 11) is 0. The zero-order valence-corrected chi connectivity index (χ0v) is 16.2. The normalized spacial score (nSPS) is 17.3. The minimum absolute atomic E-state index is 0.0630. The molecule has 0 aliphatic carbocycles. The molecule has 1 amide bonds. The first-order valence-corrected chi connectivity index (χ1v) is 9.44. The molecule has 140 valence electrons. The van der Waals surface area contributed by atoms with Gasteiger partial charge in [-0.05, 0) is 49.9 Å². The SMILES string of the molecule is CCN=C1SC(=Cc2ccc(-c3ccc(Cl)c([N+](=O)[O-])c3)o2)C(=O)N1CC. The van der Waals surface area contributed by atoms with Crippen LogP contribution in [0.5, 0.6) is 0 Å². The van der Waals surface area contributed by atoms with E-state index in [4.69, 9.17) is 16.0 Å². The average Bonchev–Trinajstić information content (AvgIpc) is 3.21. The summed E-state index contributed by atoms with van der Waals surface area (Å²) in [6.45, 7) is 4.95. The Labute approximate surface area is 164 Å². The van der Waals surface area contributed by atoms with Gasteiger partial charge in [0.1, 0.15) is 16.5 Å². The summed E-state index contributed by atoms with van der Waals surface area (Å²) < 4.78 is 5.75. The zero-order valence-electron chi connectivity index (χ0n) is 14.6. The number of aliphatic imine (C=N–C) groups is 1. The minimum atomic E-state index is -0.542. The van der Waals surface area contributed by atoms with E-state index in [2.05, 4.69) is 4.99 Å². The van der Waals surface area contributed by atoms with Crippen molar-refractivity contribution in [2.45, 2.75) is 13.8 Å². The molecule has 1 aromatic carbocycles. The van der Waals surface area contributed by atoms with Crippen molar-refractivity contribution in [1.29, 1.82) is 0 Å². The number of hydrogen-bond acceptors (Lipinski definition) is 6. The molecule has 7 nitrogen and oxygen atoms in total. The zero-order chi connectivity index (χ0) is 19.6. The quantitative estimate of drug-likeness (QED) is 0.404. The predicted octanol–water partition coefficient (Wildman–Crippen LogP) is 4.82. The Kier molecular flexibility index (Phi) is 5.67. The summed E-state index contributed by atoms with van der Waals surface area (Å²) in [5, 5.41) is 11.8. The number of thioether (sulfide) groups is 1. The largest absolute Gasteiger partial charge is 0.457 e. The molecule has 3 rings (SSSR count). The number of amidine groups is 1. The van der Waals surface area contributed by atoms with Crippen molar-refractivity contribution in [2.75, 3.05) is 13.1 Å². The van der Waals surface area contributed by atoms with Crippen LogP contribution < -0.4 is 0 Å². The van der Waals surface area contributed by atoms with Crippen LogP contribution in [0.15, 0.2) is 44.6 Å². The molecule has 1 aliphatic rings. The van der Waals surface area contributed by atoms with E-state index in [1.807, 2.05) is 13.8 Å². The lowest BCUT2D eigenvalue weighted by atomic mass is 10.1. The number of nitro benzene ring substituents is 1. The second kappa shape index (κ2) is 7.98. The fourth-order valence-corrected chi connectivity index (χ4v) is 3.83. The maximum Gasteiger partial charge on any atom is 0.288 e. The molecule has 0 radical (unpaired) electrons. The molecule has 0 N–H and O–H groups in total. The van der Waals surface area contributed by atoms with Gasteiger partial charge in [0.25, 0.3) is 11.6 Å². The van der Waals surface area contributed by atoms with Crippen LogP contribution in [0.25, 0.3) is 17.4 Å². The van der Waals surface area contributed by atoms with Crippen molar-refractivity contribution in [3.8, 4) is 11.3 Å². The Balaban J connectivity index is 1.90. The number of rotatable bonds is 5. The van der Waals surface area contributed by atoms with Crippen LogP contribution in [0.2, 0.25) is 5.02 Å². The molecule has 0 unspecified atom stereocenters. The van der Waals surface area contributed by atoms with E-state index in [-0.39, 0.29) is 16.6 Å². The van der Waals surface area contributed by atoms with Gasteiger partial charge in [0.2, 0.25) is 0 Å².